The minimum atomic E-state index is -5.43. The molecule has 0 saturated heterocycles. The standard InChI is InChI=1S/C8H12O7P2S/c1-6-2-4-7(5-3-6)18-8(9,16(10,11)12)17(13,14)15/h2-5,9H,1H3,(H2,10,11,12)(H2,13,14,15). The Morgan fingerprint density at radius 1 is 1.00 bits per heavy atom. The van der Waals surface area contributed by atoms with Crippen LogP contribution in [0.4, 0.5) is 0 Å². The van der Waals surface area contributed by atoms with Crippen LogP contribution in [0.3, 0.4) is 0 Å². The van der Waals surface area contributed by atoms with E-state index in [0.29, 0.717) is 0 Å². The van der Waals surface area contributed by atoms with Crippen molar-refractivity contribution in [2.24, 2.45) is 0 Å². The molecule has 18 heavy (non-hydrogen) atoms. The summed E-state index contributed by atoms with van der Waals surface area (Å²) in [6.45, 7) is 1.77. The average molecular weight is 314 g/mol. The Morgan fingerprint density at radius 2 is 1.39 bits per heavy atom. The molecule has 0 bridgehead atoms. The molecule has 10 heteroatoms. The summed E-state index contributed by atoms with van der Waals surface area (Å²) in [6, 6.07) is 5.97. The zero-order valence-electron chi connectivity index (χ0n) is 9.16. The molecule has 0 amide bonds. The van der Waals surface area contributed by atoms with Gasteiger partial charge in [0, 0.05) is 4.90 Å². The molecule has 0 heterocycles. The molecule has 0 saturated carbocycles. The monoisotopic (exact) mass is 314 g/mol. The molecule has 1 aromatic carbocycles. The number of thioether (sulfide) groups is 1. The van der Waals surface area contributed by atoms with Gasteiger partial charge in [0.15, 0.2) is 0 Å². The lowest BCUT2D eigenvalue weighted by atomic mass is 10.2. The van der Waals surface area contributed by atoms with E-state index in [0.717, 1.165) is 5.56 Å². The highest BCUT2D eigenvalue weighted by atomic mass is 32.2. The first-order chi connectivity index (χ1) is 7.97. The number of benzene rings is 1. The van der Waals surface area contributed by atoms with Crippen LogP contribution < -0.4 is 0 Å². The van der Waals surface area contributed by atoms with Crippen molar-refractivity contribution in [1.82, 2.24) is 0 Å². The molecule has 0 radical (unpaired) electrons. The maximum absolute atomic E-state index is 11.1. The van der Waals surface area contributed by atoms with Gasteiger partial charge in [-0.3, -0.25) is 9.13 Å². The highest BCUT2D eigenvalue weighted by Crippen LogP contribution is 2.73. The van der Waals surface area contributed by atoms with Gasteiger partial charge < -0.3 is 24.7 Å². The summed E-state index contributed by atoms with van der Waals surface area (Å²) in [4.78, 5) is 35.9. The van der Waals surface area contributed by atoms with E-state index in [1.165, 1.54) is 12.1 Å². The van der Waals surface area contributed by atoms with Crippen LogP contribution >= 0.6 is 27.0 Å². The second-order valence-electron chi connectivity index (χ2n) is 3.58. The van der Waals surface area contributed by atoms with Crippen molar-refractivity contribution in [3.63, 3.8) is 0 Å². The van der Waals surface area contributed by atoms with Crippen LogP contribution in [0.2, 0.25) is 0 Å². The molecule has 0 aliphatic rings. The summed E-state index contributed by atoms with van der Waals surface area (Å²) in [7, 11) is -10.9. The Morgan fingerprint density at radius 3 is 1.72 bits per heavy atom. The molecule has 0 aliphatic heterocycles. The van der Waals surface area contributed by atoms with Crippen molar-refractivity contribution in [2.45, 2.75) is 16.2 Å². The molecule has 0 aliphatic carbocycles. The van der Waals surface area contributed by atoms with Gasteiger partial charge in [-0.25, -0.2) is 0 Å². The summed E-state index contributed by atoms with van der Waals surface area (Å²) in [5.41, 5.74) is 0.857. The largest absolute Gasteiger partial charge is 0.380 e. The Bertz CT molecular complexity index is 495. The van der Waals surface area contributed by atoms with Crippen molar-refractivity contribution in [2.75, 3.05) is 0 Å². The predicted molar refractivity (Wildman–Crippen MR) is 66.1 cm³/mol. The lowest BCUT2D eigenvalue weighted by Crippen LogP contribution is -2.24. The SMILES string of the molecule is Cc1ccc(SC(O)(P(=O)(O)O)P(=O)(O)O)cc1. The number of hydrogen-bond donors (Lipinski definition) is 5. The minimum absolute atomic E-state index is 0.0429. The smallest absolute Gasteiger partial charge is 0.359 e. The van der Waals surface area contributed by atoms with E-state index in [2.05, 4.69) is 0 Å². The molecular weight excluding hydrogens is 302 g/mol. The van der Waals surface area contributed by atoms with Gasteiger partial charge in [-0.2, -0.15) is 0 Å². The normalized spacial score (nSPS) is 13.7. The molecule has 1 rings (SSSR count). The Hall–Kier alpha value is -0.170. The third kappa shape index (κ3) is 3.23. The first-order valence-electron chi connectivity index (χ1n) is 4.57. The van der Waals surface area contributed by atoms with Crippen LogP contribution in [0.5, 0.6) is 0 Å². The van der Waals surface area contributed by atoms with Gasteiger partial charge in [0.05, 0.1) is 0 Å². The second kappa shape index (κ2) is 5.07. The van der Waals surface area contributed by atoms with Gasteiger partial charge in [-0.05, 0) is 19.1 Å². The fourth-order valence-corrected chi connectivity index (χ4v) is 4.58. The number of aryl methyl sites for hydroxylation is 1. The summed E-state index contributed by atoms with van der Waals surface area (Å²) in [6.07, 6.45) is 0. The summed E-state index contributed by atoms with van der Waals surface area (Å²) >= 11 is 0.0429. The van der Waals surface area contributed by atoms with E-state index in [9.17, 15) is 14.2 Å². The van der Waals surface area contributed by atoms with Crippen LogP contribution in [0.25, 0.3) is 0 Å². The van der Waals surface area contributed by atoms with Gasteiger partial charge in [0.25, 0.3) is 0 Å². The lowest BCUT2D eigenvalue weighted by molar-refractivity contribution is 0.198. The predicted octanol–water partition coefficient (Wildman–Crippen LogP) is 1.05. The quantitative estimate of drug-likeness (QED) is 0.316. The van der Waals surface area contributed by atoms with Crippen LogP contribution in [-0.2, 0) is 9.13 Å². The topological polar surface area (TPSA) is 135 Å². The minimum Gasteiger partial charge on any atom is -0.359 e. The fourth-order valence-electron chi connectivity index (χ4n) is 1.05. The van der Waals surface area contributed by atoms with E-state index in [1.54, 1.807) is 19.1 Å². The van der Waals surface area contributed by atoms with Crippen molar-refractivity contribution in [3.05, 3.63) is 29.8 Å². The van der Waals surface area contributed by atoms with E-state index < -0.39 is 19.6 Å². The third-order valence-corrected chi connectivity index (χ3v) is 7.87. The number of aliphatic hydroxyl groups is 1. The van der Waals surface area contributed by atoms with Gasteiger partial charge in [-0.15, -0.1) is 0 Å². The fraction of sp³-hybridized carbons (Fsp3) is 0.250. The highest BCUT2D eigenvalue weighted by molar-refractivity contribution is 8.13. The average Bonchev–Trinajstić information content (AvgIpc) is 2.18. The summed E-state index contributed by atoms with van der Waals surface area (Å²) in [5.74, 6) is 0. The van der Waals surface area contributed by atoms with E-state index >= 15 is 0 Å². The van der Waals surface area contributed by atoms with Crippen LogP contribution in [0, 0.1) is 6.92 Å². The van der Waals surface area contributed by atoms with Gasteiger partial charge >= 0.3 is 19.6 Å². The van der Waals surface area contributed by atoms with Crippen LogP contribution in [0.1, 0.15) is 5.56 Å². The number of rotatable bonds is 4. The van der Waals surface area contributed by atoms with Crippen LogP contribution in [0.15, 0.2) is 29.2 Å². The molecule has 102 valence electrons. The lowest BCUT2D eigenvalue weighted by Gasteiger charge is -2.28. The van der Waals surface area contributed by atoms with Gasteiger partial charge in [-0.1, -0.05) is 29.5 Å². The summed E-state index contributed by atoms with van der Waals surface area (Å²) < 4.78 is 18.7. The van der Waals surface area contributed by atoms with E-state index in [-0.39, 0.29) is 16.7 Å². The maximum atomic E-state index is 11.1. The first kappa shape index (κ1) is 15.9. The highest BCUT2D eigenvalue weighted by Gasteiger charge is 2.60. The van der Waals surface area contributed by atoms with Crippen molar-refractivity contribution < 1.29 is 33.8 Å². The third-order valence-electron chi connectivity index (χ3n) is 2.03. The van der Waals surface area contributed by atoms with Gasteiger partial charge in [0.2, 0.25) is 0 Å². The summed E-state index contributed by atoms with van der Waals surface area (Å²) in [5, 5.41) is 9.64. The Kier molecular flexibility index (Phi) is 4.48. The molecule has 5 N–H and O–H groups in total. The molecule has 1 aromatic rings. The first-order valence-corrected chi connectivity index (χ1v) is 8.61. The molecule has 0 unspecified atom stereocenters. The van der Waals surface area contributed by atoms with Crippen LogP contribution in [-0.4, -0.2) is 29.1 Å². The molecule has 0 fully saturated rings. The molecule has 0 atom stereocenters. The van der Waals surface area contributed by atoms with Crippen molar-refractivity contribution in [3.8, 4) is 0 Å². The molecule has 7 nitrogen and oxygen atoms in total. The van der Waals surface area contributed by atoms with Gasteiger partial charge in [0.1, 0.15) is 0 Å². The molecule has 0 aromatic heterocycles. The molecular formula is C8H12O7P2S. The number of hydrogen-bond acceptors (Lipinski definition) is 4. The van der Waals surface area contributed by atoms with Crippen molar-refractivity contribution >= 4 is 27.0 Å². The van der Waals surface area contributed by atoms with E-state index in [1.807, 2.05) is 0 Å². The van der Waals surface area contributed by atoms with Crippen molar-refractivity contribution in [1.29, 1.82) is 0 Å². The zero-order valence-corrected chi connectivity index (χ0v) is 11.8. The zero-order chi connectivity index (χ0) is 14.2. The Labute approximate surface area is 107 Å². The van der Waals surface area contributed by atoms with E-state index in [4.69, 9.17) is 19.6 Å². The molecule has 0 spiro atoms. The Balaban J connectivity index is 3.20. The maximum Gasteiger partial charge on any atom is 0.380 e. The second-order valence-corrected chi connectivity index (χ2v) is 9.27.